The zero-order valence-electron chi connectivity index (χ0n) is 15.3. The van der Waals surface area contributed by atoms with Crippen LogP contribution >= 0.6 is 0 Å². The lowest BCUT2D eigenvalue weighted by molar-refractivity contribution is -0.263. The number of rotatable bonds is 4. The molecule has 0 aromatic carbocycles. The summed E-state index contributed by atoms with van der Waals surface area (Å²) in [5.41, 5.74) is -0.267. The maximum absolute atomic E-state index is 10.8. The second-order valence-corrected chi connectivity index (χ2v) is 8.79. The van der Waals surface area contributed by atoms with Crippen molar-refractivity contribution in [3.05, 3.63) is 0 Å². The van der Waals surface area contributed by atoms with Gasteiger partial charge in [-0.3, -0.25) is 0 Å². The third kappa shape index (κ3) is 3.60. The summed E-state index contributed by atoms with van der Waals surface area (Å²) in [7, 11) is 0. The molecule has 0 amide bonds. The lowest BCUT2D eigenvalue weighted by atomic mass is 9.76. The Morgan fingerprint density at radius 1 is 1.24 bits per heavy atom. The molecule has 1 N–H and O–H groups in total. The monoisotopic (exact) mass is 349 g/mol. The lowest BCUT2D eigenvalue weighted by Crippen LogP contribution is -2.53. The summed E-state index contributed by atoms with van der Waals surface area (Å²) in [4.78, 5) is 0. The average molecular weight is 349 g/mol. The van der Waals surface area contributed by atoms with Crippen molar-refractivity contribution < 1.29 is 19.3 Å². The predicted octanol–water partition coefficient (Wildman–Crippen LogP) is 3.44. The summed E-state index contributed by atoms with van der Waals surface area (Å²) in [6, 6.07) is 2.32. The Kier molecular flexibility index (Phi) is 4.83. The van der Waals surface area contributed by atoms with Gasteiger partial charge < -0.3 is 19.3 Å². The third-order valence-electron chi connectivity index (χ3n) is 6.63. The van der Waals surface area contributed by atoms with Crippen LogP contribution in [0.25, 0.3) is 0 Å². The molecule has 2 aliphatic heterocycles. The molecule has 0 radical (unpaired) electrons. The van der Waals surface area contributed by atoms with Gasteiger partial charge in [0.1, 0.15) is 0 Å². The van der Waals surface area contributed by atoms with E-state index in [1.807, 2.05) is 6.92 Å². The van der Waals surface area contributed by atoms with Crippen molar-refractivity contribution in [2.75, 3.05) is 0 Å². The zero-order valence-corrected chi connectivity index (χ0v) is 15.3. The highest BCUT2D eigenvalue weighted by Gasteiger charge is 2.58. The van der Waals surface area contributed by atoms with E-state index in [0.717, 1.165) is 64.2 Å². The highest BCUT2D eigenvalue weighted by molar-refractivity contribution is 5.07. The highest BCUT2D eigenvalue weighted by Crippen LogP contribution is 2.51. The normalized spacial score (nSPS) is 43.9. The molecule has 2 saturated carbocycles. The minimum absolute atomic E-state index is 0.0130. The Balaban J connectivity index is 1.43. The molecule has 1 spiro atoms. The number of nitriles is 1. The van der Waals surface area contributed by atoms with Crippen LogP contribution in [0.4, 0.5) is 0 Å². The summed E-state index contributed by atoms with van der Waals surface area (Å²) in [6.07, 6.45) is 10.7. The Labute approximate surface area is 150 Å². The molecule has 0 aromatic rings. The van der Waals surface area contributed by atoms with Crippen molar-refractivity contribution in [1.82, 2.24) is 0 Å². The topological polar surface area (TPSA) is 71.7 Å². The average Bonchev–Trinajstić information content (AvgIpc) is 2.84. The number of fused-ring (bicyclic) bond motifs is 1. The summed E-state index contributed by atoms with van der Waals surface area (Å²) in [5, 5.41) is 19.9. The van der Waals surface area contributed by atoms with Crippen LogP contribution in [0.15, 0.2) is 0 Å². The summed E-state index contributed by atoms with van der Waals surface area (Å²) in [5.74, 6) is -0.926. The van der Waals surface area contributed by atoms with E-state index in [4.69, 9.17) is 19.5 Å². The Morgan fingerprint density at radius 3 is 2.80 bits per heavy atom. The van der Waals surface area contributed by atoms with Crippen LogP contribution in [-0.4, -0.2) is 40.9 Å². The molecule has 25 heavy (non-hydrogen) atoms. The fourth-order valence-electron chi connectivity index (χ4n) is 5.50. The molecule has 2 bridgehead atoms. The van der Waals surface area contributed by atoms with Gasteiger partial charge in [-0.05, 0) is 39.0 Å². The van der Waals surface area contributed by atoms with Gasteiger partial charge in [0.25, 0.3) is 0 Å². The van der Waals surface area contributed by atoms with Gasteiger partial charge in [0.15, 0.2) is 5.79 Å². The van der Waals surface area contributed by atoms with Crippen LogP contribution in [0.1, 0.15) is 77.6 Å². The standard InChI is InChI=1S/C20H31NO4/c1-14(13-21)9-15-5-6-18-19(24-15)11-16(23-18)10-17(12-19)25-20(22)7-3-2-4-8-20/h14-18,22H,2-12H2,1H3/t14-,15-,16+,17+,18?,19-/m1/s1. The van der Waals surface area contributed by atoms with Crippen LogP contribution < -0.4 is 0 Å². The van der Waals surface area contributed by atoms with Crippen molar-refractivity contribution in [3.63, 3.8) is 0 Å². The first kappa shape index (κ1) is 17.7. The fraction of sp³-hybridized carbons (Fsp3) is 0.950. The zero-order chi connectivity index (χ0) is 17.5. The molecule has 4 aliphatic rings. The van der Waals surface area contributed by atoms with Gasteiger partial charge in [-0.25, -0.2) is 0 Å². The third-order valence-corrected chi connectivity index (χ3v) is 6.63. The molecule has 4 fully saturated rings. The molecule has 4 rings (SSSR count). The maximum Gasteiger partial charge on any atom is 0.165 e. The first-order valence-corrected chi connectivity index (χ1v) is 10.1. The van der Waals surface area contributed by atoms with E-state index in [9.17, 15) is 5.11 Å². The van der Waals surface area contributed by atoms with E-state index in [1.165, 1.54) is 6.42 Å². The minimum atomic E-state index is -0.949. The van der Waals surface area contributed by atoms with Crippen LogP contribution in [0.5, 0.6) is 0 Å². The molecule has 1 unspecified atom stereocenters. The molecule has 5 heteroatoms. The summed E-state index contributed by atoms with van der Waals surface area (Å²) in [6.45, 7) is 1.96. The van der Waals surface area contributed by atoms with Crippen LogP contribution in [0.3, 0.4) is 0 Å². The van der Waals surface area contributed by atoms with Gasteiger partial charge >= 0.3 is 0 Å². The molecule has 2 aliphatic carbocycles. The SMILES string of the molecule is C[C@@H](C#N)C[C@H]1CCC2O[C@H]3C[C@H](OC4(O)CCCCC4)C[C@@]2(C3)O1. The molecular formula is C20H31NO4. The summed E-state index contributed by atoms with van der Waals surface area (Å²) >= 11 is 0. The van der Waals surface area contributed by atoms with E-state index in [1.54, 1.807) is 0 Å². The van der Waals surface area contributed by atoms with E-state index in [0.29, 0.717) is 0 Å². The van der Waals surface area contributed by atoms with Crippen molar-refractivity contribution in [1.29, 1.82) is 5.26 Å². The number of nitrogens with zero attached hydrogens (tertiary/aromatic N) is 1. The number of aliphatic hydroxyl groups is 1. The molecule has 2 heterocycles. The minimum Gasteiger partial charge on any atom is -0.372 e. The van der Waals surface area contributed by atoms with Crippen LogP contribution in [0.2, 0.25) is 0 Å². The highest BCUT2D eigenvalue weighted by atomic mass is 16.6. The van der Waals surface area contributed by atoms with Crippen molar-refractivity contribution in [2.45, 2.75) is 113 Å². The van der Waals surface area contributed by atoms with Gasteiger partial charge in [-0.1, -0.05) is 6.42 Å². The van der Waals surface area contributed by atoms with E-state index >= 15 is 0 Å². The smallest absolute Gasteiger partial charge is 0.165 e. The van der Waals surface area contributed by atoms with Crippen molar-refractivity contribution in [2.24, 2.45) is 5.92 Å². The fourth-order valence-corrected chi connectivity index (χ4v) is 5.50. The van der Waals surface area contributed by atoms with Crippen LogP contribution in [-0.2, 0) is 14.2 Å². The molecule has 140 valence electrons. The van der Waals surface area contributed by atoms with Gasteiger partial charge in [0, 0.05) is 38.0 Å². The van der Waals surface area contributed by atoms with Gasteiger partial charge in [0.05, 0.1) is 36.1 Å². The number of hydrogen-bond donors (Lipinski definition) is 1. The quantitative estimate of drug-likeness (QED) is 0.787. The van der Waals surface area contributed by atoms with E-state index in [-0.39, 0.29) is 35.9 Å². The molecule has 0 aromatic heterocycles. The van der Waals surface area contributed by atoms with E-state index < -0.39 is 5.79 Å². The van der Waals surface area contributed by atoms with Crippen LogP contribution in [0, 0.1) is 17.2 Å². The van der Waals surface area contributed by atoms with Gasteiger partial charge in [-0.15, -0.1) is 0 Å². The Bertz CT molecular complexity index is 526. The lowest BCUT2D eigenvalue weighted by Gasteiger charge is -2.46. The molecule has 2 saturated heterocycles. The Morgan fingerprint density at radius 2 is 2.04 bits per heavy atom. The predicted molar refractivity (Wildman–Crippen MR) is 91.7 cm³/mol. The second-order valence-electron chi connectivity index (χ2n) is 8.79. The van der Waals surface area contributed by atoms with Crippen molar-refractivity contribution >= 4 is 0 Å². The largest absolute Gasteiger partial charge is 0.372 e. The number of hydrogen-bond acceptors (Lipinski definition) is 5. The van der Waals surface area contributed by atoms with Gasteiger partial charge in [0.2, 0.25) is 0 Å². The molecule has 6 atom stereocenters. The Hall–Kier alpha value is -0.670. The number of ether oxygens (including phenoxy) is 3. The van der Waals surface area contributed by atoms with Gasteiger partial charge in [-0.2, -0.15) is 5.26 Å². The summed E-state index contributed by atoms with van der Waals surface area (Å²) < 4.78 is 19.0. The first-order valence-electron chi connectivity index (χ1n) is 10.1. The first-order chi connectivity index (χ1) is 12.0. The molecular weight excluding hydrogens is 318 g/mol. The molecule has 5 nitrogen and oxygen atoms in total. The maximum atomic E-state index is 10.8. The second kappa shape index (κ2) is 6.81. The van der Waals surface area contributed by atoms with Crippen molar-refractivity contribution in [3.8, 4) is 6.07 Å². The van der Waals surface area contributed by atoms with E-state index in [2.05, 4.69) is 6.07 Å².